The summed E-state index contributed by atoms with van der Waals surface area (Å²) in [6.07, 6.45) is 6.72. The van der Waals surface area contributed by atoms with E-state index in [0.29, 0.717) is 11.8 Å². The Labute approximate surface area is 278 Å². The minimum absolute atomic E-state index is 0.0103. The van der Waals surface area contributed by atoms with Gasteiger partial charge in [-0.25, -0.2) is 9.98 Å². The van der Waals surface area contributed by atoms with Crippen molar-refractivity contribution in [3.63, 3.8) is 0 Å². The Bertz CT molecular complexity index is 2100. The quantitative estimate of drug-likeness (QED) is 0.195. The van der Waals surface area contributed by atoms with Gasteiger partial charge in [-0.2, -0.15) is 0 Å². The van der Waals surface area contributed by atoms with E-state index in [1.165, 1.54) is 39.0 Å². The number of hydrogen-bond donors (Lipinski definition) is 0. The zero-order chi connectivity index (χ0) is 32.1. The molecule has 0 aromatic heterocycles. The molecule has 0 saturated heterocycles. The summed E-state index contributed by atoms with van der Waals surface area (Å²) in [6.45, 7) is 7.10. The first-order valence-electron chi connectivity index (χ1n) is 16.6. The molecule has 0 bridgehead atoms. The molecule has 1 aliphatic heterocycles. The lowest BCUT2D eigenvalue weighted by Crippen LogP contribution is -2.35. The molecule has 3 heteroatoms. The molecule has 0 fully saturated rings. The molecule has 47 heavy (non-hydrogen) atoms. The summed E-state index contributed by atoms with van der Waals surface area (Å²) in [4.78, 5) is 12.5. The monoisotopic (exact) mass is 609 g/mol. The van der Waals surface area contributed by atoms with E-state index in [4.69, 9.17) is 9.98 Å². The van der Waals surface area contributed by atoms with Gasteiger partial charge in [0.2, 0.25) is 0 Å². The van der Waals surface area contributed by atoms with Gasteiger partial charge in [0.25, 0.3) is 0 Å². The summed E-state index contributed by atoms with van der Waals surface area (Å²) < 4.78 is 0. The summed E-state index contributed by atoms with van der Waals surface area (Å²) in [6, 6.07) is 45.7. The van der Waals surface area contributed by atoms with Crippen LogP contribution in [-0.2, 0) is 5.41 Å². The summed E-state index contributed by atoms with van der Waals surface area (Å²) in [5, 5.41) is 0. The van der Waals surface area contributed by atoms with Crippen molar-refractivity contribution in [2.45, 2.75) is 38.3 Å². The number of aliphatic imine (C=N–C) groups is 2. The molecule has 5 aromatic rings. The lowest BCUT2D eigenvalue weighted by Gasteiger charge is -2.33. The molecule has 0 saturated carbocycles. The fourth-order valence-electron chi connectivity index (χ4n) is 7.76. The van der Waals surface area contributed by atoms with Crippen LogP contribution >= 0.6 is 0 Å². The number of allylic oxidation sites excluding steroid dienone is 4. The van der Waals surface area contributed by atoms with E-state index < -0.39 is 0 Å². The number of rotatable bonds is 5. The normalized spacial score (nSPS) is 21.0. The Kier molecular flexibility index (Phi) is 7.14. The van der Waals surface area contributed by atoms with Crippen LogP contribution < -0.4 is 0 Å². The minimum Gasteiger partial charge on any atom is -0.333 e. The van der Waals surface area contributed by atoms with E-state index in [-0.39, 0.29) is 11.6 Å². The zero-order valence-corrected chi connectivity index (χ0v) is 27.4. The highest BCUT2D eigenvalue weighted by Gasteiger charge is 2.36. The molecule has 1 heterocycles. The van der Waals surface area contributed by atoms with Crippen molar-refractivity contribution in [2.24, 2.45) is 15.9 Å². The van der Waals surface area contributed by atoms with Crippen LogP contribution in [0, 0.1) is 5.92 Å². The number of nitrogens with zero attached hydrogens (tertiary/aromatic N) is 3. The summed E-state index contributed by atoms with van der Waals surface area (Å²) in [5.41, 5.74) is 12.8. The van der Waals surface area contributed by atoms with Gasteiger partial charge in [0.1, 0.15) is 5.84 Å². The first-order chi connectivity index (χ1) is 22.9. The molecule has 2 aliphatic carbocycles. The fraction of sp³-hybridized carbons (Fsp3) is 0.182. The molecule has 8 rings (SSSR count). The van der Waals surface area contributed by atoms with Crippen LogP contribution in [-0.4, -0.2) is 23.6 Å². The maximum Gasteiger partial charge on any atom is 0.159 e. The van der Waals surface area contributed by atoms with Gasteiger partial charge in [-0.1, -0.05) is 160 Å². The van der Waals surface area contributed by atoms with E-state index in [1.54, 1.807) is 0 Å². The van der Waals surface area contributed by atoms with Crippen LogP contribution in [0.2, 0.25) is 0 Å². The molecule has 0 N–H and O–H groups in total. The zero-order valence-electron chi connectivity index (χ0n) is 27.4. The molecule has 5 aromatic carbocycles. The highest BCUT2D eigenvalue weighted by molar-refractivity contribution is 6.12. The first kappa shape index (κ1) is 29.1. The Morgan fingerprint density at radius 3 is 2.11 bits per heavy atom. The van der Waals surface area contributed by atoms with Crippen LogP contribution in [0.4, 0.5) is 0 Å². The number of amidine groups is 2. The van der Waals surface area contributed by atoms with Gasteiger partial charge in [-0.15, -0.1) is 0 Å². The highest BCUT2D eigenvalue weighted by Crippen LogP contribution is 2.50. The van der Waals surface area contributed by atoms with E-state index in [9.17, 15) is 0 Å². The lowest BCUT2D eigenvalue weighted by molar-refractivity contribution is 0.383. The smallest absolute Gasteiger partial charge is 0.159 e. The Hall–Kier alpha value is -5.28. The topological polar surface area (TPSA) is 28.0 Å². The van der Waals surface area contributed by atoms with Crippen molar-refractivity contribution in [3.8, 4) is 11.1 Å². The van der Waals surface area contributed by atoms with E-state index >= 15 is 0 Å². The van der Waals surface area contributed by atoms with Gasteiger partial charge in [-0.05, 0) is 56.5 Å². The van der Waals surface area contributed by atoms with Crippen molar-refractivity contribution >= 4 is 17.2 Å². The number of benzene rings is 5. The second-order valence-electron chi connectivity index (χ2n) is 13.5. The summed E-state index contributed by atoms with van der Waals surface area (Å²) >= 11 is 0. The summed E-state index contributed by atoms with van der Waals surface area (Å²) in [7, 11) is 2.10. The summed E-state index contributed by atoms with van der Waals surface area (Å²) in [5.74, 6) is 2.28. The second kappa shape index (κ2) is 11.5. The molecule has 0 amide bonds. The van der Waals surface area contributed by atoms with Gasteiger partial charge >= 0.3 is 0 Å². The molecule has 3 unspecified atom stereocenters. The molecular formula is C44H39N3. The van der Waals surface area contributed by atoms with Crippen LogP contribution in [0.25, 0.3) is 16.7 Å². The lowest BCUT2D eigenvalue weighted by atomic mass is 9.75. The van der Waals surface area contributed by atoms with Crippen LogP contribution in [0.15, 0.2) is 156 Å². The van der Waals surface area contributed by atoms with Crippen LogP contribution in [0.1, 0.15) is 71.8 Å². The molecular weight excluding hydrogens is 571 g/mol. The fourth-order valence-corrected chi connectivity index (χ4v) is 7.76. The first-order valence-corrected chi connectivity index (χ1v) is 16.6. The van der Waals surface area contributed by atoms with Crippen molar-refractivity contribution in [1.82, 2.24) is 4.90 Å². The maximum absolute atomic E-state index is 5.23. The van der Waals surface area contributed by atoms with Gasteiger partial charge in [0.15, 0.2) is 12.0 Å². The van der Waals surface area contributed by atoms with Crippen LogP contribution in [0.3, 0.4) is 0 Å². The maximum atomic E-state index is 5.23. The van der Waals surface area contributed by atoms with Crippen LogP contribution in [0.5, 0.6) is 0 Å². The molecule has 3 nitrogen and oxygen atoms in total. The SMILES string of the molecule is CC1C(c2cccc(C3N=C(c4ccccc4)N=C(c4ccccc4)N3C)c2)=CC=CC1c1ccc2c(c1)C(C)(C)c1ccccc1-2. The van der Waals surface area contributed by atoms with Gasteiger partial charge < -0.3 is 4.90 Å². The van der Waals surface area contributed by atoms with E-state index in [1.807, 2.05) is 24.3 Å². The number of fused-ring (bicyclic) bond motifs is 3. The van der Waals surface area contributed by atoms with Crippen molar-refractivity contribution in [2.75, 3.05) is 7.05 Å². The number of hydrogen-bond acceptors (Lipinski definition) is 3. The standard InChI is InChI=1S/C44H39N3/c1-29-35(22-14-23-36(29)33-25-26-38-37-21-11-12-24-39(37)44(2,3)40(38)28-33)32-19-13-20-34(27-32)43-46-41(30-15-7-5-8-16-30)45-42(47(43)4)31-17-9-6-10-18-31/h5-29,36,43H,1-4H3. The molecule has 3 aliphatic rings. The Balaban J connectivity index is 1.13. The van der Waals surface area contributed by atoms with E-state index in [0.717, 1.165) is 28.4 Å². The molecule has 230 valence electrons. The van der Waals surface area contributed by atoms with Gasteiger partial charge in [0.05, 0.1) is 0 Å². The van der Waals surface area contributed by atoms with Gasteiger partial charge in [0, 0.05) is 29.5 Å². The molecule has 0 radical (unpaired) electrons. The predicted molar refractivity (Wildman–Crippen MR) is 196 cm³/mol. The Morgan fingerprint density at radius 1 is 0.638 bits per heavy atom. The van der Waals surface area contributed by atoms with Crippen molar-refractivity contribution < 1.29 is 0 Å². The average molecular weight is 610 g/mol. The largest absolute Gasteiger partial charge is 0.333 e. The minimum atomic E-state index is -0.204. The van der Waals surface area contributed by atoms with Gasteiger partial charge in [-0.3, -0.25) is 0 Å². The third-order valence-electron chi connectivity index (χ3n) is 10.4. The predicted octanol–water partition coefficient (Wildman–Crippen LogP) is 10.2. The van der Waals surface area contributed by atoms with Crippen molar-refractivity contribution in [3.05, 3.63) is 185 Å². The third-order valence-corrected chi connectivity index (χ3v) is 10.4. The third kappa shape index (κ3) is 4.98. The second-order valence-corrected chi connectivity index (χ2v) is 13.5. The highest BCUT2D eigenvalue weighted by atomic mass is 15.3. The average Bonchev–Trinajstić information content (AvgIpc) is 3.35. The molecule has 3 atom stereocenters. The van der Waals surface area contributed by atoms with Crippen molar-refractivity contribution in [1.29, 1.82) is 0 Å². The molecule has 0 spiro atoms. The Morgan fingerprint density at radius 2 is 1.32 bits per heavy atom. The van der Waals surface area contributed by atoms with E-state index in [2.05, 4.69) is 154 Å².